The van der Waals surface area contributed by atoms with Crippen molar-refractivity contribution < 1.29 is 9.90 Å². The molecule has 0 bridgehead atoms. The van der Waals surface area contributed by atoms with Gasteiger partial charge in [-0.05, 0) is 36.1 Å². The number of hydrogen-bond donors (Lipinski definition) is 1. The summed E-state index contributed by atoms with van der Waals surface area (Å²) in [5, 5.41) is 9.05. The number of nitrogens with zero attached hydrogens (tertiary/aromatic N) is 1. The molecule has 3 nitrogen and oxygen atoms in total. The lowest BCUT2D eigenvalue weighted by atomic mass is 10.2. The highest BCUT2D eigenvalue weighted by Crippen LogP contribution is 2.52. The van der Waals surface area contributed by atoms with Gasteiger partial charge in [0.05, 0.1) is 0 Å². The van der Waals surface area contributed by atoms with Crippen molar-refractivity contribution in [3.8, 4) is 0 Å². The summed E-state index contributed by atoms with van der Waals surface area (Å²) in [6.07, 6.45) is 0. The maximum absolute atomic E-state index is 12.0. The molecule has 1 saturated heterocycles. The van der Waals surface area contributed by atoms with Gasteiger partial charge >= 0.3 is 0 Å². The summed E-state index contributed by atoms with van der Waals surface area (Å²) in [5.74, 6) is 0.848. The first-order chi connectivity index (χ1) is 7.72. The van der Waals surface area contributed by atoms with E-state index in [9.17, 15) is 4.79 Å². The minimum Gasteiger partial charge on any atom is -0.396 e. The van der Waals surface area contributed by atoms with E-state index in [4.69, 9.17) is 5.11 Å². The monoisotopic (exact) mass is 281 g/mol. The lowest BCUT2D eigenvalue weighted by Crippen LogP contribution is -2.30. The van der Waals surface area contributed by atoms with Crippen molar-refractivity contribution in [1.82, 2.24) is 0 Å². The molecule has 1 aromatic rings. The quantitative estimate of drug-likeness (QED) is 0.896. The Morgan fingerprint density at radius 2 is 2.06 bits per heavy atom. The van der Waals surface area contributed by atoms with Crippen LogP contribution in [0.2, 0.25) is 0 Å². The first-order valence-corrected chi connectivity index (χ1v) is 6.19. The van der Waals surface area contributed by atoms with Crippen LogP contribution in [0.15, 0.2) is 28.7 Å². The second-order valence-electron chi connectivity index (χ2n) is 4.46. The van der Waals surface area contributed by atoms with Crippen LogP contribution in [0.3, 0.4) is 0 Å². The lowest BCUT2D eigenvalue weighted by molar-refractivity contribution is -0.119. The second kappa shape index (κ2) is 3.57. The Morgan fingerprint density at radius 3 is 2.56 bits per heavy atom. The minimum absolute atomic E-state index is 0.0775. The van der Waals surface area contributed by atoms with Gasteiger partial charge in [0, 0.05) is 29.2 Å². The Bertz CT molecular complexity index is 431. The maximum Gasteiger partial charge on any atom is 0.230 e. The summed E-state index contributed by atoms with van der Waals surface area (Å²) in [7, 11) is 0. The number of halogens is 1. The number of fused-ring (bicyclic) bond motifs is 1. The number of amides is 1. The molecule has 16 heavy (non-hydrogen) atoms. The summed E-state index contributed by atoms with van der Waals surface area (Å²) in [6.45, 7) is 0.908. The zero-order chi connectivity index (χ0) is 11.3. The Hall–Kier alpha value is -0.870. The van der Waals surface area contributed by atoms with Crippen molar-refractivity contribution in [1.29, 1.82) is 0 Å². The lowest BCUT2D eigenvalue weighted by Gasteiger charge is -2.19. The molecule has 3 rings (SSSR count). The maximum atomic E-state index is 12.0. The van der Waals surface area contributed by atoms with Crippen LogP contribution in [0.1, 0.15) is 0 Å². The molecule has 3 unspecified atom stereocenters. The number of anilines is 1. The number of benzene rings is 1. The van der Waals surface area contributed by atoms with Gasteiger partial charge in [0.2, 0.25) is 5.91 Å². The fraction of sp³-hybridized carbons (Fsp3) is 0.417. The highest BCUT2D eigenvalue weighted by molar-refractivity contribution is 9.10. The highest BCUT2D eigenvalue weighted by Gasteiger charge is 2.61. The van der Waals surface area contributed by atoms with Crippen molar-refractivity contribution in [2.24, 2.45) is 17.8 Å². The van der Waals surface area contributed by atoms with Gasteiger partial charge in [0.1, 0.15) is 0 Å². The number of rotatable bonds is 2. The molecular weight excluding hydrogens is 270 g/mol. The fourth-order valence-corrected chi connectivity index (χ4v) is 2.91. The normalized spacial score (nSPS) is 31.8. The third-order valence-electron chi connectivity index (χ3n) is 3.63. The Morgan fingerprint density at radius 1 is 1.38 bits per heavy atom. The van der Waals surface area contributed by atoms with Crippen LogP contribution in [0, 0.1) is 17.8 Å². The SMILES string of the molecule is O=C1C2C(CO)C2CN1c1ccc(Br)cc1. The zero-order valence-electron chi connectivity index (χ0n) is 8.64. The molecule has 2 aliphatic rings. The fourth-order valence-electron chi connectivity index (χ4n) is 2.64. The summed E-state index contributed by atoms with van der Waals surface area (Å²) < 4.78 is 1.02. The molecule has 0 spiro atoms. The molecule has 1 heterocycles. The third kappa shape index (κ3) is 1.40. The Labute approximate surface area is 102 Å². The van der Waals surface area contributed by atoms with Crippen molar-refractivity contribution in [2.75, 3.05) is 18.1 Å². The van der Waals surface area contributed by atoms with Crippen LogP contribution in [0.25, 0.3) is 0 Å². The van der Waals surface area contributed by atoms with Gasteiger partial charge in [-0.2, -0.15) is 0 Å². The largest absolute Gasteiger partial charge is 0.396 e. The standard InChI is InChI=1S/C12H12BrNO2/c13-7-1-3-8(4-2-7)14-5-9-10(6-15)11(9)12(14)16/h1-4,9-11,15H,5-6H2. The molecule has 84 valence electrons. The van der Waals surface area contributed by atoms with Gasteiger partial charge in [-0.25, -0.2) is 0 Å². The number of carbonyl (C=O) groups excluding carboxylic acids is 1. The van der Waals surface area contributed by atoms with Crippen LogP contribution >= 0.6 is 15.9 Å². The number of aliphatic hydroxyl groups is 1. The Balaban J connectivity index is 1.80. The van der Waals surface area contributed by atoms with E-state index in [1.165, 1.54) is 0 Å². The van der Waals surface area contributed by atoms with E-state index in [0.29, 0.717) is 5.92 Å². The smallest absolute Gasteiger partial charge is 0.230 e. The Kier molecular flexibility index (Phi) is 2.30. The van der Waals surface area contributed by atoms with Crippen LogP contribution in [0.5, 0.6) is 0 Å². The third-order valence-corrected chi connectivity index (χ3v) is 4.15. The van der Waals surface area contributed by atoms with Crippen LogP contribution in [0.4, 0.5) is 5.69 Å². The van der Waals surface area contributed by atoms with Gasteiger partial charge in [0.25, 0.3) is 0 Å². The van der Waals surface area contributed by atoms with E-state index in [0.717, 1.165) is 16.7 Å². The average molecular weight is 282 g/mol. The predicted octanol–water partition coefficient (Wildman–Crippen LogP) is 1.65. The van der Waals surface area contributed by atoms with E-state index < -0.39 is 0 Å². The number of carbonyl (C=O) groups is 1. The van der Waals surface area contributed by atoms with E-state index in [-0.39, 0.29) is 24.3 Å². The summed E-state index contributed by atoms with van der Waals surface area (Å²) in [6, 6.07) is 7.77. The topological polar surface area (TPSA) is 40.5 Å². The minimum atomic E-state index is 0.0775. The van der Waals surface area contributed by atoms with Crippen LogP contribution in [-0.2, 0) is 4.79 Å². The number of aliphatic hydroxyl groups excluding tert-OH is 1. The molecule has 1 aliphatic carbocycles. The second-order valence-corrected chi connectivity index (χ2v) is 5.38. The van der Waals surface area contributed by atoms with E-state index in [1.54, 1.807) is 0 Å². The molecule has 0 radical (unpaired) electrons. The summed E-state index contributed by atoms with van der Waals surface area (Å²) in [5.41, 5.74) is 0.956. The van der Waals surface area contributed by atoms with Gasteiger partial charge in [-0.15, -0.1) is 0 Å². The molecule has 1 amide bonds. The van der Waals surface area contributed by atoms with Gasteiger partial charge in [0.15, 0.2) is 0 Å². The molecule has 0 aromatic heterocycles. The molecule has 2 fully saturated rings. The predicted molar refractivity (Wildman–Crippen MR) is 64.1 cm³/mol. The van der Waals surface area contributed by atoms with Crippen molar-refractivity contribution in [2.45, 2.75) is 0 Å². The van der Waals surface area contributed by atoms with Gasteiger partial charge in [-0.1, -0.05) is 15.9 Å². The molecule has 3 atom stereocenters. The summed E-state index contributed by atoms with van der Waals surface area (Å²) >= 11 is 3.37. The molecule has 4 heteroatoms. The van der Waals surface area contributed by atoms with Crippen molar-refractivity contribution in [3.63, 3.8) is 0 Å². The summed E-state index contributed by atoms with van der Waals surface area (Å²) in [4.78, 5) is 13.8. The molecular formula is C12H12BrNO2. The zero-order valence-corrected chi connectivity index (χ0v) is 10.2. The van der Waals surface area contributed by atoms with Gasteiger partial charge < -0.3 is 10.0 Å². The molecule has 1 aromatic carbocycles. The first kappa shape index (κ1) is 10.3. The van der Waals surface area contributed by atoms with Crippen molar-refractivity contribution >= 4 is 27.5 Å². The first-order valence-electron chi connectivity index (χ1n) is 5.40. The van der Waals surface area contributed by atoms with Crippen LogP contribution < -0.4 is 4.90 Å². The van der Waals surface area contributed by atoms with Gasteiger partial charge in [-0.3, -0.25) is 4.79 Å². The van der Waals surface area contributed by atoms with E-state index in [2.05, 4.69) is 15.9 Å². The molecule has 1 saturated carbocycles. The van der Waals surface area contributed by atoms with Crippen LogP contribution in [-0.4, -0.2) is 24.2 Å². The average Bonchev–Trinajstić information content (AvgIpc) is 2.90. The van der Waals surface area contributed by atoms with E-state index in [1.807, 2.05) is 29.2 Å². The molecule has 1 aliphatic heterocycles. The van der Waals surface area contributed by atoms with Crippen molar-refractivity contribution in [3.05, 3.63) is 28.7 Å². The number of hydrogen-bond acceptors (Lipinski definition) is 2. The van der Waals surface area contributed by atoms with E-state index >= 15 is 0 Å². The highest BCUT2D eigenvalue weighted by atomic mass is 79.9. The number of piperidine rings is 1. The molecule has 1 N–H and O–H groups in total.